The Labute approximate surface area is 418 Å². The summed E-state index contributed by atoms with van der Waals surface area (Å²) in [5.41, 5.74) is 22.8. The highest BCUT2D eigenvalue weighted by molar-refractivity contribution is 8.76. The Morgan fingerprint density at radius 3 is 1.96 bits per heavy atom. The van der Waals surface area contributed by atoms with Crippen molar-refractivity contribution in [2.24, 2.45) is 34.8 Å². The van der Waals surface area contributed by atoms with E-state index in [0.29, 0.717) is 12.0 Å². The molecule has 0 unspecified atom stereocenters. The number of aliphatic hydroxyl groups excluding tert-OH is 2. The van der Waals surface area contributed by atoms with E-state index in [1.54, 1.807) is 27.7 Å². The quantitative estimate of drug-likeness (QED) is 0.0511. The van der Waals surface area contributed by atoms with Crippen LogP contribution in [-0.4, -0.2) is 171 Å². The Bertz CT molecular complexity index is 2050. The second kappa shape index (κ2) is 30.5. The molecule has 1 saturated heterocycles. The molecule has 26 nitrogen and oxygen atoms in total. The SMILES string of the molecule is CC[C@H](C)[C@@H]1NC(=O)[C@H](Cc2ccc(O)cc2)NC(=O)[C@@H](N)CSSC[C@@H](C(=O)N(CC(=O)N[C@@H](CC(C)C)C(=O)NCC(N)=O)C[C@H](O)CO)NC(=O)[C@H](CC(N)=O)NC(=O)[C@H](CCC(N)=O)NC1=O. The number of primary amides is 3. The first-order valence-electron chi connectivity index (χ1n) is 22.6. The van der Waals surface area contributed by atoms with Gasteiger partial charge in [-0.15, -0.1) is 0 Å². The zero-order valence-corrected chi connectivity index (χ0v) is 41.6. The summed E-state index contributed by atoms with van der Waals surface area (Å²) in [7, 11) is 1.83. The molecule has 28 heteroatoms. The van der Waals surface area contributed by atoms with E-state index in [9.17, 15) is 68.1 Å². The van der Waals surface area contributed by atoms with Gasteiger partial charge in [-0.05, 0) is 42.4 Å². The lowest BCUT2D eigenvalue weighted by Gasteiger charge is -2.31. The van der Waals surface area contributed by atoms with Gasteiger partial charge in [0.1, 0.15) is 42.0 Å². The van der Waals surface area contributed by atoms with E-state index in [1.807, 2.05) is 0 Å². The van der Waals surface area contributed by atoms with Gasteiger partial charge >= 0.3 is 0 Å². The fourth-order valence-electron chi connectivity index (χ4n) is 6.75. The van der Waals surface area contributed by atoms with Crippen molar-refractivity contribution in [3.8, 4) is 5.75 Å². The summed E-state index contributed by atoms with van der Waals surface area (Å²) in [4.78, 5) is 147. The van der Waals surface area contributed by atoms with Crippen LogP contribution in [0.25, 0.3) is 0 Å². The predicted octanol–water partition coefficient (Wildman–Crippen LogP) is -5.42. The van der Waals surface area contributed by atoms with Gasteiger partial charge in [-0.3, -0.25) is 52.7 Å². The molecule has 0 aliphatic carbocycles. The lowest BCUT2D eigenvalue weighted by Crippen LogP contribution is -2.61. The Hall–Kier alpha value is -6.23. The minimum Gasteiger partial charge on any atom is -0.508 e. The van der Waals surface area contributed by atoms with Crippen LogP contribution in [0.1, 0.15) is 65.4 Å². The molecule has 0 aromatic heterocycles. The molecule has 71 heavy (non-hydrogen) atoms. The number of benzene rings is 1. The number of aromatic hydroxyl groups is 1. The fourth-order valence-corrected chi connectivity index (χ4v) is 9.03. The Kier molecular flexibility index (Phi) is 26.2. The molecule has 1 aromatic carbocycles. The van der Waals surface area contributed by atoms with Gasteiger partial charge in [0.2, 0.25) is 65.0 Å². The van der Waals surface area contributed by atoms with Crippen molar-refractivity contribution in [3.05, 3.63) is 29.8 Å². The molecule has 1 fully saturated rings. The maximum atomic E-state index is 14.5. The lowest BCUT2D eigenvalue weighted by molar-refractivity contribution is -0.141. The molecule has 1 aliphatic heterocycles. The second-order valence-electron chi connectivity index (χ2n) is 17.3. The Morgan fingerprint density at radius 2 is 1.38 bits per heavy atom. The second-order valence-corrected chi connectivity index (χ2v) is 19.9. The van der Waals surface area contributed by atoms with E-state index >= 15 is 0 Å². The van der Waals surface area contributed by atoms with E-state index < -0.39 is 165 Å². The molecule has 18 N–H and O–H groups in total. The molecule has 396 valence electrons. The normalized spacial score (nSPS) is 22.2. The largest absolute Gasteiger partial charge is 0.508 e. The molecule has 0 spiro atoms. The number of amides is 11. The number of nitrogens with zero attached hydrogens (tertiary/aromatic N) is 1. The highest BCUT2D eigenvalue weighted by Gasteiger charge is 2.37. The van der Waals surface area contributed by atoms with Crippen LogP contribution >= 0.6 is 21.6 Å². The number of hydrogen-bond acceptors (Lipinski definition) is 17. The average Bonchev–Trinajstić information content (AvgIpc) is 3.30. The van der Waals surface area contributed by atoms with Crippen LogP contribution in [0.4, 0.5) is 0 Å². The molecule has 11 amide bonds. The van der Waals surface area contributed by atoms with Gasteiger partial charge < -0.3 is 80.4 Å². The monoisotopic (exact) mass is 1040 g/mol. The first-order valence-corrected chi connectivity index (χ1v) is 25.1. The summed E-state index contributed by atoms with van der Waals surface area (Å²) in [6, 6.07) is -4.71. The third-order valence-electron chi connectivity index (χ3n) is 10.8. The van der Waals surface area contributed by atoms with Crippen molar-refractivity contribution in [1.82, 2.24) is 42.1 Å². The summed E-state index contributed by atoms with van der Waals surface area (Å²) < 4.78 is 0. The minimum absolute atomic E-state index is 0.0697. The summed E-state index contributed by atoms with van der Waals surface area (Å²) in [6.07, 6.45) is -3.21. The maximum absolute atomic E-state index is 14.5. The zero-order chi connectivity index (χ0) is 53.5. The van der Waals surface area contributed by atoms with Crippen molar-refractivity contribution < 1.29 is 68.1 Å². The smallest absolute Gasteiger partial charge is 0.246 e. The molecule has 9 atom stereocenters. The number of nitrogens with one attached hydrogen (secondary N) is 7. The van der Waals surface area contributed by atoms with Crippen LogP contribution in [0.5, 0.6) is 5.75 Å². The fraction of sp³-hybridized carbons (Fsp3) is 0.605. The highest BCUT2D eigenvalue weighted by atomic mass is 33.1. The number of hydrogen-bond donors (Lipinski definition) is 14. The number of carbonyl (C=O) groups is 11. The number of carbonyl (C=O) groups excluding carboxylic acids is 11. The van der Waals surface area contributed by atoms with Gasteiger partial charge in [0, 0.05) is 30.9 Å². The van der Waals surface area contributed by atoms with E-state index in [-0.39, 0.29) is 36.0 Å². The molecular weight excluding hydrogens is 973 g/mol. The van der Waals surface area contributed by atoms with Gasteiger partial charge in [-0.1, -0.05) is 67.8 Å². The van der Waals surface area contributed by atoms with Crippen LogP contribution in [0, 0.1) is 11.8 Å². The van der Waals surface area contributed by atoms with Crippen LogP contribution in [0.3, 0.4) is 0 Å². The lowest BCUT2D eigenvalue weighted by atomic mass is 9.96. The number of phenolic OH excluding ortho intramolecular Hbond substituents is 1. The molecule has 1 aliphatic rings. The van der Waals surface area contributed by atoms with Crippen LogP contribution in [0.15, 0.2) is 24.3 Å². The third-order valence-corrected chi connectivity index (χ3v) is 13.2. The van der Waals surface area contributed by atoms with Crippen molar-refractivity contribution in [3.63, 3.8) is 0 Å². The van der Waals surface area contributed by atoms with Gasteiger partial charge in [-0.25, -0.2) is 0 Å². The molecule has 0 saturated carbocycles. The molecule has 1 heterocycles. The maximum Gasteiger partial charge on any atom is 0.246 e. The Morgan fingerprint density at radius 1 is 0.789 bits per heavy atom. The first-order chi connectivity index (χ1) is 33.3. The third kappa shape index (κ3) is 22.2. The van der Waals surface area contributed by atoms with Gasteiger partial charge in [0.25, 0.3) is 0 Å². The van der Waals surface area contributed by atoms with Gasteiger partial charge in [0.15, 0.2) is 0 Å². The van der Waals surface area contributed by atoms with E-state index in [4.69, 9.17) is 22.9 Å². The zero-order valence-electron chi connectivity index (χ0n) is 40.0. The van der Waals surface area contributed by atoms with Crippen molar-refractivity contribution >= 4 is 86.6 Å². The number of nitrogens with two attached hydrogens (primary N) is 4. The van der Waals surface area contributed by atoms with Crippen molar-refractivity contribution in [1.29, 1.82) is 0 Å². The summed E-state index contributed by atoms with van der Waals surface area (Å²) in [5.74, 6) is -11.9. The average molecular weight is 1040 g/mol. The molecule has 2 rings (SSSR count). The van der Waals surface area contributed by atoms with Crippen LogP contribution in [-0.2, 0) is 59.2 Å². The highest BCUT2D eigenvalue weighted by Crippen LogP contribution is 2.24. The minimum atomic E-state index is -1.86. The Balaban J connectivity index is 2.70. The molecule has 1 aromatic rings. The summed E-state index contributed by atoms with van der Waals surface area (Å²) >= 11 is 0. The van der Waals surface area contributed by atoms with Crippen molar-refractivity contribution in [2.45, 2.75) is 115 Å². The van der Waals surface area contributed by atoms with Crippen molar-refractivity contribution in [2.75, 3.05) is 37.7 Å². The molecule has 0 bridgehead atoms. The molecule has 0 radical (unpaired) electrons. The molecular formula is C43H68N12O14S2. The van der Waals surface area contributed by atoms with Gasteiger partial charge in [0.05, 0.1) is 38.3 Å². The predicted molar refractivity (Wildman–Crippen MR) is 259 cm³/mol. The number of phenols is 1. The number of rotatable bonds is 21. The first kappa shape index (κ1) is 60.9. The van der Waals surface area contributed by atoms with E-state index in [1.165, 1.54) is 24.3 Å². The number of aliphatic hydroxyl groups is 2. The summed E-state index contributed by atoms with van der Waals surface area (Å²) in [6.45, 7) is 3.82. The standard InChI is InChI=1S/C43H68N12O14S2/c1-5-22(4)36-42(68)50-27(10-11-32(45)59)39(65)52-30(14-33(46)60)40(66)53-31(20-71-70-19-26(44)37(63)51-29(41(67)54-36)13-23-6-8-24(57)9-7-23)43(69)55(16-25(58)18-56)17-35(62)49-28(12-21(2)3)38(64)48-15-34(47)61/h6-9,21-22,25-31,36,56-58H,5,10-20,44H2,1-4H3,(H2,45,59)(H2,46,60)(H2,47,61)(H,48,64)(H,49,62)(H,50,68)(H,51,63)(H,52,65)(H,53,66)(H,54,67)/t22-,25-,26-,27-,28-,29-,30-,31-,36-/m0/s1. The summed E-state index contributed by atoms with van der Waals surface area (Å²) in [5, 5.41) is 47.4. The van der Waals surface area contributed by atoms with Crippen LogP contribution < -0.4 is 60.2 Å². The van der Waals surface area contributed by atoms with E-state index in [2.05, 4.69) is 37.2 Å². The van der Waals surface area contributed by atoms with Crippen LogP contribution in [0.2, 0.25) is 0 Å². The van der Waals surface area contributed by atoms with E-state index in [0.717, 1.165) is 26.5 Å². The topological polar surface area (TPSA) is 440 Å². The van der Waals surface area contributed by atoms with Gasteiger partial charge in [-0.2, -0.15) is 0 Å².